The van der Waals surface area contributed by atoms with Crippen LogP contribution in [0.1, 0.15) is 27.2 Å². The Labute approximate surface area is 110 Å². The van der Waals surface area contributed by atoms with Crippen molar-refractivity contribution in [1.82, 2.24) is 0 Å². The van der Waals surface area contributed by atoms with Gasteiger partial charge in [-0.25, -0.2) is 0 Å². The SMILES string of the molecule is CO[Si](OC)(OC)C12OC1C(C)C1CC12C(C)C. The van der Waals surface area contributed by atoms with E-state index in [1.807, 2.05) is 0 Å². The highest BCUT2D eigenvalue weighted by Gasteiger charge is 2.96. The second-order valence-corrected chi connectivity index (χ2v) is 9.39. The molecule has 0 N–H and O–H groups in total. The van der Waals surface area contributed by atoms with Gasteiger partial charge in [0.1, 0.15) is 0 Å². The van der Waals surface area contributed by atoms with Crippen molar-refractivity contribution < 1.29 is 18.0 Å². The topological polar surface area (TPSA) is 40.2 Å². The highest BCUT2D eigenvalue weighted by Crippen LogP contribution is 2.83. The third kappa shape index (κ3) is 1.04. The molecular weight excluding hydrogens is 248 g/mol. The summed E-state index contributed by atoms with van der Waals surface area (Å²) in [5, 5.41) is -0.281. The normalized spacial score (nSPS) is 49.2. The molecule has 5 atom stereocenters. The Hall–Kier alpha value is 0.0569. The van der Waals surface area contributed by atoms with Crippen LogP contribution < -0.4 is 0 Å². The van der Waals surface area contributed by atoms with Crippen molar-refractivity contribution in [3.63, 3.8) is 0 Å². The zero-order valence-electron chi connectivity index (χ0n) is 12.1. The van der Waals surface area contributed by atoms with E-state index in [1.165, 1.54) is 6.42 Å². The number of rotatable bonds is 5. The maximum absolute atomic E-state index is 6.20. The minimum atomic E-state index is -2.76. The average molecular weight is 272 g/mol. The molecule has 0 amide bonds. The van der Waals surface area contributed by atoms with E-state index in [-0.39, 0.29) is 16.7 Å². The molecule has 3 fully saturated rings. The smallest absolute Gasteiger partial charge is 0.375 e. The Bertz CT molecular complexity index is 358. The van der Waals surface area contributed by atoms with E-state index >= 15 is 0 Å². The lowest BCUT2D eigenvalue weighted by Gasteiger charge is -2.37. The molecule has 1 heterocycles. The van der Waals surface area contributed by atoms with E-state index < -0.39 is 8.80 Å². The second kappa shape index (κ2) is 3.58. The van der Waals surface area contributed by atoms with Crippen LogP contribution in [0.5, 0.6) is 0 Å². The van der Waals surface area contributed by atoms with Crippen molar-refractivity contribution >= 4 is 8.80 Å². The van der Waals surface area contributed by atoms with E-state index in [2.05, 4.69) is 20.8 Å². The van der Waals surface area contributed by atoms with Gasteiger partial charge in [-0.05, 0) is 24.2 Å². The molecule has 0 aromatic carbocycles. The van der Waals surface area contributed by atoms with E-state index in [0.717, 1.165) is 5.92 Å². The van der Waals surface area contributed by atoms with Crippen molar-refractivity contribution in [2.45, 2.75) is 38.5 Å². The molecule has 4 nitrogen and oxygen atoms in total. The Morgan fingerprint density at radius 2 is 1.72 bits per heavy atom. The summed E-state index contributed by atoms with van der Waals surface area (Å²) in [4.78, 5) is 0. The van der Waals surface area contributed by atoms with Gasteiger partial charge in [0.05, 0.1) is 6.10 Å². The summed E-state index contributed by atoms with van der Waals surface area (Å²) < 4.78 is 23.5. The molecule has 0 bridgehead atoms. The first-order valence-electron chi connectivity index (χ1n) is 6.80. The fourth-order valence-corrected chi connectivity index (χ4v) is 8.38. The van der Waals surface area contributed by atoms with Crippen molar-refractivity contribution in [1.29, 1.82) is 0 Å². The molecule has 1 saturated heterocycles. The van der Waals surface area contributed by atoms with Gasteiger partial charge in [-0.1, -0.05) is 20.8 Å². The molecular formula is C13H24O4Si. The highest BCUT2D eigenvalue weighted by atomic mass is 28.4. The molecule has 3 aliphatic rings. The first kappa shape index (κ1) is 13.1. The summed E-state index contributed by atoms with van der Waals surface area (Å²) in [6.45, 7) is 6.88. The van der Waals surface area contributed by atoms with Gasteiger partial charge in [0.25, 0.3) is 0 Å². The number of hydrogen-bond donors (Lipinski definition) is 0. The Morgan fingerprint density at radius 3 is 2.17 bits per heavy atom. The van der Waals surface area contributed by atoms with E-state index in [9.17, 15) is 0 Å². The first-order valence-corrected chi connectivity index (χ1v) is 8.53. The van der Waals surface area contributed by atoms with Crippen molar-refractivity contribution in [2.24, 2.45) is 23.2 Å². The molecule has 0 radical (unpaired) electrons. The fourth-order valence-electron chi connectivity index (χ4n) is 4.95. The Morgan fingerprint density at radius 1 is 1.17 bits per heavy atom. The summed E-state index contributed by atoms with van der Waals surface area (Å²) in [6, 6.07) is 0. The van der Waals surface area contributed by atoms with Gasteiger partial charge >= 0.3 is 8.80 Å². The van der Waals surface area contributed by atoms with Gasteiger partial charge in [-0.3, -0.25) is 0 Å². The lowest BCUT2D eigenvalue weighted by molar-refractivity contribution is 0.0452. The van der Waals surface area contributed by atoms with Crippen LogP contribution in [0.15, 0.2) is 0 Å². The third-order valence-corrected chi connectivity index (χ3v) is 9.20. The summed E-state index contributed by atoms with van der Waals surface area (Å²) >= 11 is 0. The van der Waals surface area contributed by atoms with Crippen LogP contribution in [-0.2, 0) is 18.0 Å². The summed E-state index contributed by atoms with van der Waals surface area (Å²) in [5.41, 5.74) is 0.214. The predicted octanol–water partition coefficient (Wildman–Crippen LogP) is 1.85. The van der Waals surface area contributed by atoms with Gasteiger partial charge < -0.3 is 18.0 Å². The van der Waals surface area contributed by atoms with Crippen molar-refractivity contribution in [3.8, 4) is 0 Å². The summed E-state index contributed by atoms with van der Waals surface area (Å²) in [6.07, 6.45) is 1.50. The van der Waals surface area contributed by atoms with Crippen LogP contribution in [0.25, 0.3) is 0 Å². The lowest BCUT2D eigenvalue weighted by atomic mass is 9.88. The van der Waals surface area contributed by atoms with Gasteiger partial charge in [0.2, 0.25) is 0 Å². The standard InChI is InChI=1S/C13H24O4Si/c1-8(2)12-7-10(12)9(3)11-13(12,17-11)18(14-4,15-5)16-6/h8-11H,7H2,1-6H3. The second-order valence-electron chi connectivity index (χ2n) is 6.31. The molecule has 0 spiro atoms. The molecule has 104 valence electrons. The van der Waals surface area contributed by atoms with Crippen LogP contribution >= 0.6 is 0 Å². The number of fused-ring (bicyclic) bond motifs is 3. The van der Waals surface area contributed by atoms with Crippen LogP contribution in [0.2, 0.25) is 0 Å². The molecule has 3 rings (SSSR count). The van der Waals surface area contributed by atoms with Crippen molar-refractivity contribution in [3.05, 3.63) is 0 Å². The molecule has 2 aliphatic carbocycles. The lowest BCUT2D eigenvalue weighted by Crippen LogP contribution is -2.62. The van der Waals surface area contributed by atoms with Crippen LogP contribution in [0.3, 0.4) is 0 Å². The molecule has 1 aliphatic heterocycles. The van der Waals surface area contributed by atoms with Gasteiger partial charge in [0, 0.05) is 26.7 Å². The van der Waals surface area contributed by atoms with Crippen LogP contribution in [0.4, 0.5) is 0 Å². The van der Waals surface area contributed by atoms with E-state index in [1.54, 1.807) is 21.3 Å². The molecule has 0 aromatic rings. The molecule has 5 heteroatoms. The first-order chi connectivity index (χ1) is 8.47. The third-order valence-electron chi connectivity index (χ3n) is 5.81. The van der Waals surface area contributed by atoms with Crippen LogP contribution in [0, 0.1) is 23.2 Å². The van der Waals surface area contributed by atoms with Gasteiger partial charge in [-0.2, -0.15) is 0 Å². The zero-order valence-corrected chi connectivity index (χ0v) is 13.1. The average Bonchev–Trinajstić information content (AvgIpc) is 3.23. The van der Waals surface area contributed by atoms with Gasteiger partial charge in [-0.15, -0.1) is 0 Å². The minimum absolute atomic E-state index is 0.214. The maximum Gasteiger partial charge on any atom is 0.537 e. The minimum Gasteiger partial charge on any atom is -0.375 e. The van der Waals surface area contributed by atoms with E-state index in [0.29, 0.717) is 11.8 Å². The Kier molecular flexibility index (Phi) is 2.60. The fraction of sp³-hybridized carbons (Fsp3) is 1.00. The highest BCUT2D eigenvalue weighted by molar-refractivity contribution is 6.65. The molecule has 0 aromatic heterocycles. The largest absolute Gasteiger partial charge is 0.537 e. The maximum atomic E-state index is 6.20. The Balaban J connectivity index is 2.06. The molecule has 18 heavy (non-hydrogen) atoms. The van der Waals surface area contributed by atoms with Crippen LogP contribution in [-0.4, -0.2) is 41.5 Å². The quantitative estimate of drug-likeness (QED) is 0.566. The van der Waals surface area contributed by atoms with Crippen molar-refractivity contribution in [2.75, 3.05) is 21.3 Å². The van der Waals surface area contributed by atoms with Gasteiger partial charge in [0.15, 0.2) is 5.22 Å². The number of hydrogen-bond acceptors (Lipinski definition) is 4. The zero-order chi connectivity index (χ0) is 13.3. The monoisotopic (exact) mass is 272 g/mol. The summed E-state index contributed by atoms with van der Waals surface area (Å²) in [7, 11) is 2.33. The predicted molar refractivity (Wildman–Crippen MR) is 68.9 cm³/mol. The van der Waals surface area contributed by atoms with E-state index in [4.69, 9.17) is 18.0 Å². The number of ether oxygens (including phenoxy) is 1. The molecule has 5 unspecified atom stereocenters. The number of epoxide rings is 1. The summed E-state index contributed by atoms with van der Waals surface area (Å²) in [5.74, 6) is 1.92. The molecule has 2 saturated carbocycles.